The first kappa shape index (κ1) is 14.6. The molecule has 3 aliphatic rings. The molecule has 3 N–H and O–H groups in total. The Bertz CT molecular complexity index is 411. The summed E-state index contributed by atoms with van der Waals surface area (Å²) in [5.74, 6) is -0.0939. The zero-order valence-corrected chi connectivity index (χ0v) is 12.1. The lowest BCUT2D eigenvalue weighted by atomic mass is 10.1. The molecule has 3 atom stereocenters. The minimum Gasteiger partial charge on any atom is -0.446 e. The number of hydrogen-bond donors (Lipinski definition) is 2. The molecular weight excluding hydrogens is 274 g/mol. The summed E-state index contributed by atoms with van der Waals surface area (Å²) in [4.78, 5) is 25.6. The van der Waals surface area contributed by atoms with Crippen molar-refractivity contribution in [2.24, 2.45) is 5.73 Å². The molecule has 7 nitrogen and oxygen atoms in total. The second-order valence-corrected chi connectivity index (χ2v) is 6.03. The normalized spacial score (nSPS) is 32.2. The van der Waals surface area contributed by atoms with Gasteiger partial charge in [0.05, 0.1) is 6.04 Å². The molecule has 1 saturated carbocycles. The molecule has 0 aromatic rings. The van der Waals surface area contributed by atoms with Crippen molar-refractivity contribution in [2.75, 3.05) is 13.1 Å². The molecule has 0 radical (unpaired) electrons. The van der Waals surface area contributed by atoms with E-state index in [2.05, 4.69) is 5.32 Å². The smallest absolute Gasteiger partial charge is 0.407 e. The van der Waals surface area contributed by atoms with Gasteiger partial charge in [0.2, 0.25) is 5.91 Å². The van der Waals surface area contributed by atoms with Crippen molar-refractivity contribution in [1.29, 1.82) is 0 Å². The lowest BCUT2D eigenvalue weighted by molar-refractivity contribution is -0.131. The highest BCUT2D eigenvalue weighted by Crippen LogP contribution is 2.31. The van der Waals surface area contributed by atoms with Crippen LogP contribution in [0.25, 0.3) is 0 Å². The third kappa shape index (κ3) is 3.47. The minimum absolute atomic E-state index is 0.0116. The number of nitrogens with one attached hydrogen (secondary N) is 1. The van der Waals surface area contributed by atoms with Crippen molar-refractivity contribution in [1.82, 2.24) is 10.2 Å². The molecule has 7 heteroatoms. The van der Waals surface area contributed by atoms with Crippen molar-refractivity contribution in [3.8, 4) is 0 Å². The van der Waals surface area contributed by atoms with Crippen LogP contribution in [0, 0.1) is 0 Å². The maximum atomic E-state index is 12.2. The van der Waals surface area contributed by atoms with E-state index >= 15 is 0 Å². The van der Waals surface area contributed by atoms with Gasteiger partial charge < -0.3 is 25.4 Å². The van der Waals surface area contributed by atoms with Crippen LogP contribution in [0.5, 0.6) is 0 Å². The summed E-state index contributed by atoms with van der Waals surface area (Å²) >= 11 is 0. The van der Waals surface area contributed by atoms with Crippen LogP contribution >= 0.6 is 0 Å². The lowest BCUT2D eigenvalue weighted by Crippen LogP contribution is -2.45. The van der Waals surface area contributed by atoms with Crippen LogP contribution in [0.2, 0.25) is 0 Å². The molecule has 0 bridgehead atoms. The molecule has 2 heterocycles. The third-order valence-corrected chi connectivity index (χ3v) is 4.52. The molecule has 0 aromatic heterocycles. The minimum atomic E-state index is -0.495. The van der Waals surface area contributed by atoms with Crippen LogP contribution in [0.4, 0.5) is 4.79 Å². The first-order valence-corrected chi connectivity index (χ1v) is 7.80. The highest BCUT2D eigenvalue weighted by molar-refractivity contribution is 5.82. The summed E-state index contributed by atoms with van der Waals surface area (Å²) in [6, 6.07) is 0.0557. The SMILES string of the molecule is NC1OC1C1CCCN1C(=O)CNC(=O)OC1CCCC1. The van der Waals surface area contributed by atoms with Crippen molar-refractivity contribution < 1.29 is 19.1 Å². The van der Waals surface area contributed by atoms with Gasteiger partial charge >= 0.3 is 6.09 Å². The summed E-state index contributed by atoms with van der Waals surface area (Å²) in [7, 11) is 0. The Morgan fingerprint density at radius 1 is 1.24 bits per heavy atom. The molecule has 2 amide bonds. The first-order valence-electron chi connectivity index (χ1n) is 7.80. The van der Waals surface area contributed by atoms with Crippen LogP contribution in [0.3, 0.4) is 0 Å². The van der Waals surface area contributed by atoms with Gasteiger partial charge in [-0.15, -0.1) is 0 Å². The maximum absolute atomic E-state index is 12.2. The summed E-state index contributed by atoms with van der Waals surface area (Å²) in [6.45, 7) is 0.680. The average molecular weight is 297 g/mol. The molecule has 3 fully saturated rings. The summed E-state index contributed by atoms with van der Waals surface area (Å²) < 4.78 is 10.5. The molecule has 2 aliphatic heterocycles. The van der Waals surface area contributed by atoms with E-state index in [9.17, 15) is 9.59 Å². The second kappa shape index (κ2) is 6.19. The monoisotopic (exact) mass is 297 g/mol. The standard InChI is InChI=1S/C14H23N3O4/c15-13-12(21-13)10-6-3-7-17(10)11(18)8-16-14(19)20-9-4-1-2-5-9/h9-10,12-13H,1-8,15H2,(H,16,19). The molecular formula is C14H23N3O4. The number of amides is 2. The second-order valence-electron chi connectivity index (χ2n) is 6.03. The van der Waals surface area contributed by atoms with Gasteiger partial charge in [-0.25, -0.2) is 4.79 Å². The van der Waals surface area contributed by atoms with E-state index in [0.717, 1.165) is 38.5 Å². The predicted molar refractivity (Wildman–Crippen MR) is 74.3 cm³/mol. The highest BCUT2D eigenvalue weighted by Gasteiger charge is 2.47. The molecule has 0 spiro atoms. The van der Waals surface area contributed by atoms with E-state index in [1.165, 1.54) is 0 Å². The van der Waals surface area contributed by atoms with Crippen LogP contribution in [0.1, 0.15) is 38.5 Å². The Balaban J connectivity index is 1.42. The van der Waals surface area contributed by atoms with E-state index in [0.29, 0.717) is 6.54 Å². The number of epoxide rings is 1. The van der Waals surface area contributed by atoms with E-state index in [-0.39, 0.29) is 36.9 Å². The van der Waals surface area contributed by atoms with Gasteiger partial charge in [-0.05, 0) is 38.5 Å². The van der Waals surface area contributed by atoms with Crippen LogP contribution < -0.4 is 11.1 Å². The van der Waals surface area contributed by atoms with Gasteiger partial charge in [-0.2, -0.15) is 0 Å². The van der Waals surface area contributed by atoms with Crippen LogP contribution in [-0.2, 0) is 14.3 Å². The zero-order valence-electron chi connectivity index (χ0n) is 12.1. The number of rotatable bonds is 4. The zero-order chi connectivity index (χ0) is 14.8. The topological polar surface area (TPSA) is 97.2 Å². The van der Waals surface area contributed by atoms with Gasteiger partial charge in [-0.3, -0.25) is 4.79 Å². The van der Waals surface area contributed by atoms with Crippen molar-refractivity contribution in [3.05, 3.63) is 0 Å². The lowest BCUT2D eigenvalue weighted by Gasteiger charge is -2.23. The van der Waals surface area contributed by atoms with Gasteiger partial charge in [0, 0.05) is 6.54 Å². The maximum Gasteiger partial charge on any atom is 0.407 e. The van der Waals surface area contributed by atoms with E-state index < -0.39 is 6.09 Å². The van der Waals surface area contributed by atoms with Crippen molar-refractivity contribution in [3.63, 3.8) is 0 Å². The molecule has 3 unspecified atom stereocenters. The number of likely N-dealkylation sites (tertiary alicyclic amines) is 1. The number of nitrogens with two attached hydrogens (primary N) is 1. The fourth-order valence-corrected chi connectivity index (χ4v) is 3.34. The quantitative estimate of drug-likeness (QED) is 0.729. The van der Waals surface area contributed by atoms with E-state index in [1.807, 2.05) is 0 Å². The van der Waals surface area contributed by atoms with Gasteiger partial charge in [0.15, 0.2) is 0 Å². The fourth-order valence-electron chi connectivity index (χ4n) is 3.34. The Labute approximate surface area is 124 Å². The Hall–Kier alpha value is -1.34. The van der Waals surface area contributed by atoms with Gasteiger partial charge in [0.25, 0.3) is 0 Å². The fraction of sp³-hybridized carbons (Fsp3) is 0.857. The number of carbonyl (C=O) groups is 2. The first-order chi connectivity index (χ1) is 10.1. The number of nitrogens with zero attached hydrogens (tertiary/aromatic N) is 1. The largest absolute Gasteiger partial charge is 0.446 e. The number of carbonyl (C=O) groups excluding carboxylic acids is 2. The molecule has 3 rings (SSSR count). The molecule has 2 saturated heterocycles. The number of hydrogen-bond acceptors (Lipinski definition) is 5. The van der Waals surface area contributed by atoms with E-state index in [4.69, 9.17) is 15.2 Å². The molecule has 1 aliphatic carbocycles. The predicted octanol–water partition coefficient (Wildman–Crippen LogP) is 0.330. The Morgan fingerprint density at radius 3 is 2.62 bits per heavy atom. The highest BCUT2D eigenvalue weighted by atomic mass is 16.6. The van der Waals surface area contributed by atoms with Crippen molar-refractivity contribution >= 4 is 12.0 Å². The van der Waals surface area contributed by atoms with E-state index in [1.54, 1.807) is 4.90 Å². The van der Waals surface area contributed by atoms with Gasteiger partial charge in [0.1, 0.15) is 25.0 Å². The average Bonchev–Trinajstić information content (AvgIpc) is 2.91. The van der Waals surface area contributed by atoms with Crippen LogP contribution in [0.15, 0.2) is 0 Å². The van der Waals surface area contributed by atoms with Crippen LogP contribution in [-0.4, -0.2) is 54.5 Å². The molecule has 0 aromatic carbocycles. The third-order valence-electron chi connectivity index (χ3n) is 4.52. The van der Waals surface area contributed by atoms with Gasteiger partial charge in [-0.1, -0.05) is 0 Å². The number of alkyl carbamates (subject to hydrolysis) is 1. The Morgan fingerprint density at radius 2 is 1.95 bits per heavy atom. The molecule has 118 valence electrons. The number of ether oxygens (including phenoxy) is 2. The summed E-state index contributed by atoms with van der Waals surface area (Å²) in [6.07, 6.45) is 5.15. The molecule has 21 heavy (non-hydrogen) atoms. The summed E-state index contributed by atoms with van der Waals surface area (Å²) in [5.41, 5.74) is 5.67. The Kier molecular flexibility index (Phi) is 4.30. The van der Waals surface area contributed by atoms with Crippen molar-refractivity contribution in [2.45, 2.75) is 63.0 Å². The summed E-state index contributed by atoms with van der Waals surface area (Å²) in [5, 5.41) is 2.55.